The van der Waals surface area contributed by atoms with Crippen LogP contribution in [0, 0.1) is 0 Å². The lowest BCUT2D eigenvalue weighted by molar-refractivity contribution is -0.0364. The second-order valence-corrected chi connectivity index (χ2v) is 3.88. The molecule has 0 spiro atoms. The zero-order chi connectivity index (χ0) is 10.7. The molecule has 2 atom stereocenters. The third-order valence-electron chi connectivity index (χ3n) is 2.74. The van der Waals surface area contributed by atoms with Crippen LogP contribution in [0.2, 0.25) is 0 Å². The molecular weight excluding hydrogens is 194 g/mol. The molecule has 0 aliphatic heterocycles. The Bertz CT molecular complexity index is 321. The van der Waals surface area contributed by atoms with E-state index in [9.17, 15) is 9.90 Å². The summed E-state index contributed by atoms with van der Waals surface area (Å²) < 4.78 is 5.23. The average molecular weight is 209 g/mol. The van der Waals surface area contributed by atoms with E-state index in [0.717, 1.165) is 25.7 Å². The summed E-state index contributed by atoms with van der Waals surface area (Å²) in [6.45, 7) is 0. The van der Waals surface area contributed by atoms with Crippen LogP contribution in [0.5, 0.6) is 0 Å². The van der Waals surface area contributed by atoms with Crippen molar-refractivity contribution in [2.24, 2.45) is 0 Å². The Balaban J connectivity index is 1.93. The molecule has 0 amide bonds. The quantitative estimate of drug-likeness (QED) is 0.725. The summed E-state index contributed by atoms with van der Waals surface area (Å²) in [6, 6.07) is 3.41. The van der Waals surface area contributed by atoms with E-state index in [2.05, 4.69) is 4.98 Å². The Morgan fingerprint density at radius 3 is 2.93 bits per heavy atom. The third-order valence-corrected chi connectivity index (χ3v) is 2.74. The number of hydrogen-bond acceptors (Lipinski definition) is 3. The number of hydrogen-bond donors (Lipinski definition) is 2. The van der Waals surface area contributed by atoms with Gasteiger partial charge in [-0.2, -0.15) is 0 Å². The van der Waals surface area contributed by atoms with Crippen molar-refractivity contribution in [1.82, 2.24) is 4.98 Å². The SMILES string of the molecule is O=C(O[C@@H]1CCCC[C@H]1O)c1ccc[nH]1. The molecule has 15 heavy (non-hydrogen) atoms. The number of ether oxygens (including phenoxy) is 1. The van der Waals surface area contributed by atoms with Crippen LogP contribution in [0.1, 0.15) is 36.2 Å². The molecule has 0 unspecified atom stereocenters. The molecule has 1 heterocycles. The van der Waals surface area contributed by atoms with Crippen molar-refractivity contribution >= 4 is 5.97 Å². The maximum atomic E-state index is 11.6. The predicted molar refractivity (Wildman–Crippen MR) is 54.5 cm³/mol. The summed E-state index contributed by atoms with van der Waals surface area (Å²) in [4.78, 5) is 14.3. The Morgan fingerprint density at radius 1 is 1.47 bits per heavy atom. The van der Waals surface area contributed by atoms with Gasteiger partial charge in [0.2, 0.25) is 0 Å². The van der Waals surface area contributed by atoms with Gasteiger partial charge in [0, 0.05) is 6.20 Å². The van der Waals surface area contributed by atoms with E-state index in [4.69, 9.17) is 4.74 Å². The fourth-order valence-electron chi connectivity index (χ4n) is 1.87. The normalized spacial score (nSPS) is 26.2. The average Bonchev–Trinajstić information content (AvgIpc) is 2.74. The van der Waals surface area contributed by atoms with Gasteiger partial charge in [0.25, 0.3) is 0 Å². The van der Waals surface area contributed by atoms with Crippen LogP contribution < -0.4 is 0 Å². The van der Waals surface area contributed by atoms with Gasteiger partial charge in [-0.1, -0.05) is 6.42 Å². The lowest BCUT2D eigenvalue weighted by Gasteiger charge is -2.26. The highest BCUT2D eigenvalue weighted by atomic mass is 16.6. The highest BCUT2D eigenvalue weighted by Crippen LogP contribution is 2.21. The summed E-state index contributed by atoms with van der Waals surface area (Å²) in [7, 11) is 0. The Labute approximate surface area is 88.3 Å². The molecule has 1 aromatic heterocycles. The topological polar surface area (TPSA) is 62.3 Å². The minimum atomic E-state index is -0.502. The molecule has 2 rings (SSSR count). The predicted octanol–water partition coefficient (Wildman–Crippen LogP) is 1.47. The maximum absolute atomic E-state index is 11.6. The van der Waals surface area contributed by atoms with Crippen LogP contribution in [-0.4, -0.2) is 28.3 Å². The number of aromatic amines is 1. The standard InChI is InChI=1S/C11H15NO3/c13-9-5-1-2-6-10(9)15-11(14)8-4-3-7-12-8/h3-4,7,9-10,12-13H,1-2,5-6H2/t9-,10-/m1/s1. The molecule has 1 aliphatic rings. The summed E-state index contributed by atoms with van der Waals surface area (Å²) in [6.07, 6.45) is 4.34. The molecule has 1 aromatic rings. The van der Waals surface area contributed by atoms with Gasteiger partial charge < -0.3 is 14.8 Å². The molecule has 0 saturated heterocycles. The molecule has 82 valence electrons. The second kappa shape index (κ2) is 4.49. The Morgan fingerprint density at radius 2 is 2.27 bits per heavy atom. The van der Waals surface area contributed by atoms with Crippen molar-refractivity contribution in [3.05, 3.63) is 24.0 Å². The van der Waals surface area contributed by atoms with Gasteiger partial charge in [0.15, 0.2) is 0 Å². The van der Waals surface area contributed by atoms with Crippen LogP contribution in [0.4, 0.5) is 0 Å². The van der Waals surface area contributed by atoms with Gasteiger partial charge >= 0.3 is 5.97 Å². The molecule has 0 radical (unpaired) electrons. The summed E-state index contributed by atoms with van der Waals surface area (Å²) in [5.41, 5.74) is 0.438. The molecular formula is C11H15NO3. The van der Waals surface area contributed by atoms with Gasteiger partial charge in [0.05, 0.1) is 6.10 Å². The highest BCUT2D eigenvalue weighted by Gasteiger charge is 2.26. The van der Waals surface area contributed by atoms with Crippen LogP contribution in [0.15, 0.2) is 18.3 Å². The molecule has 1 fully saturated rings. The Kier molecular flexibility index (Phi) is 3.06. The van der Waals surface area contributed by atoms with Crippen molar-refractivity contribution in [2.75, 3.05) is 0 Å². The number of carbonyl (C=O) groups is 1. The number of H-pyrrole nitrogens is 1. The lowest BCUT2D eigenvalue weighted by atomic mass is 9.95. The first-order valence-corrected chi connectivity index (χ1v) is 5.30. The monoisotopic (exact) mass is 209 g/mol. The maximum Gasteiger partial charge on any atom is 0.355 e. The second-order valence-electron chi connectivity index (χ2n) is 3.88. The van der Waals surface area contributed by atoms with Crippen LogP contribution >= 0.6 is 0 Å². The Hall–Kier alpha value is -1.29. The van der Waals surface area contributed by atoms with Crippen molar-refractivity contribution in [1.29, 1.82) is 0 Å². The fraction of sp³-hybridized carbons (Fsp3) is 0.545. The first-order valence-electron chi connectivity index (χ1n) is 5.30. The minimum Gasteiger partial charge on any atom is -0.455 e. The number of aliphatic hydroxyl groups excluding tert-OH is 1. The molecule has 2 N–H and O–H groups in total. The van der Waals surface area contributed by atoms with E-state index in [1.54, 1.807) is 18.3 Å². The largest absolute Gasteiger partial charge is 0.455 e. The summed E-state index contributed by atoms with van der Waals surface area (Å²) >= 11 is 0. The van der Waals surface area contributed by atoms with E-state index < -0.39 is 6.10 Å². The van der Waals surface area contributed by atoms with Gasteiger partial charge in [-0.15, -0.1) is 0 Å². The number of carbonyl (C=O) groups excluding carboxylic acids is 1. The van der Waals surface area contributed by atoms with E-state index in [1.165, 1.54) is 0 Å². The lowest BCUT2D eigenvalue weighted by Crippen LogP contribution is -2.34. The zero-order valence-corrected chi connectivity index (χ0v) is 8.48. The minimum absolute atomic E-state index is 0.338. The first kappa shape index (κ1) is 10.2. The molecule has 4 nitrogen and oxygen atoms in total. The van der Waals surface area contributed by atoms with Crippen LogP contribution in [0.25, 0.3) is 0 Å². The summed E-state index contributed by atoms with van der Waals surface area (Å²) in [5.74, 6) is -0.383. The summed E-state index contributed by atoms with van der Waals surface area (Å²) in [5, 5.41) is 9.63. The van der Waals surface area contributed by atoms with Gasteiger partial charge in [-0.3, -0.25) is 0 Å². The number of nitrogens with one attached hydrogen (secondary N) is 1. The van der Waals surface area contributed by atoms with E-state index >= 15 is 0 Å². The van der Waals surface area contributed by atoms with Crippen molar-refractivity contribution < 1.29 is 14.6 Å². The molecule has 0 aromatic carbocycles. The smallest absolute Gasteiger partial charge is 0.355 e. The van der Waals surface area contributed by atoms with Crippen LogP contribution in [-0.2, 0) is 4.74 Å². The van der Waals surface area contributed by atoms with E-state index in [-0.39, 0.29) is 12.1 Å². The highest BCUT2D eigenvalue weighted by molar-refractivity contribution is 5.87. The van der Waals surface area contributed by atoms with Crippen molar-refractivity contribution in [3.8, 4) is 0 Å². The van der Waals surface area contributed by atoms with E-state index in [0.29, 0.717) is 5.69 Å². The van der Waals surface area contributed by atoms with Crippen LogP contribution in [0.3, 0.4) is 0 Å². The molecule has 0 bridgehead atoms. The molecule has 1 saturated carbocycles. The zero-order valence-electron chi connectivity index (χ0n) is 8.48. The molecule has 1 aliphatic carbocycles. The van der Waals surface area contributed by atoms with Crippen molar-refractivity contribution in [2.45, 2.75) is 37.9 Å². The number of aromatic nitrogens is 1. The van der Waals surface area contributed by atoms with Gasteiger partial charge in [0.1, 0.15) is 11.8 Å². The number of esters is 1. The fourth-order valence-corrected chi connectivity index (χ4v) is 1.87. The number of rotatable bonds is 2. The first-order chi connectivity index (χ1) is 7.27. The van der Waals surface area contributed by atoms with Gasteiger partial charge in [-0.05, 0) is 31.4 Å². The number of aliphatic hydroxyl groups is 1. The van der Waals surface area contributed by atoms with Gasteiger partial charge in [-0.25, -0.2) is 4.79 Å². The molecule has 4 heteroatoms. The van der Waals surface area contributed by atoms with Crippen molar-refractivity contribution in [3.63, 3.8) is 0 Å². The van der Waals surface area contributed by atoms with E-state index in [1.807, 2.05) is 0 Å². The third kappa shape index (κ3) is 2.39.